The largest absolute Gasteiger partial charge is 0.409 e. The van der Waals surface area contributed by atoms with Gasteiger partial charge in [-0.15, -0.1) is 11.3 Å². The van der Waals surface area contributed by atoms with Crippen LogP contribution in [0, 0.1) is 11.8 Å². The van der Waals surface area contributed by atoms with Crippen LogP contribution in [0.1, 0.15) is 5.01 Å². The van der Waals surface area contributed by atoms with Gasteiger partial charge in [-0.05, 0) is 0 Å². The molecule has 0 N–H and O–H groups in total. The van der Waals surface area contributed by atoms with Crippen LogP contribution in [0.15, 0.2) is 11.6 Å². The molecule has 2 nitrogen and oxygen atoms in total. The van der Waals surface area contributed by atoms with Crippen LogP contribution in [0.4, 0.5) is 0 Å². The Morgan fingerprint density at radius 2 is 2.67 bits per heavy atom. The summed E-state index contributed by atoms with van der Waals surface area (Å²) in [6, 6.07) is 0. The maximum Gasteiger partial charge on any atom is 0.0678 e. The van der Waals surface area contributed by atoms with E-state index in [1.807, 2.05) is 0 Å². The molecule has 0 saturated carbocycles. The van der Waals surface area contributed by atoms with E-state index in [1.54, 1.807) is 11.6 Å². The Morgan fingerprint density at radius 3 is 3.22 bits per heavy atom. The Labute approximate surface area is 56.5 Å². The fourth-order valence-electron chi connectivity index (χ4n) is 0.364. The zero-order valence-corrected chi connectivity index (χ0v) is 5.23. The number of nitrogens with zero attached hydrogens (tertiary/aromatic N) is 1. The van der Waals surface area contributed by atoms with Crippen molar-refractivity contribution < 1.29 is 4.79 Å². The van der Waals surface area contributed by atoms with Gasteiger partial charge in [0.25, 0.3) is 0 Å². The molecule has 0 atom stereocenters. The average Bonchev–Trinajstić information content (AvgIpc) is 2.34. The quantitative estimate of drug-likeness (QED) is 0.386. The molecule has 1 heterocycles. The first-order valence-electron chi connectivity index (χ1n) is 2.21. The van der Waals surface area contributed by atoms with Gasteiger partial charge in [0.05, 0.1) is 5.01 Å². The minimum absolute atomic E-state index is 0.651. The van der Waals surface area contributed by atoms with Crippen LogP contribution in [0.25, 0.3) is 0 Å². The summed E-state index contributed by atoms with van der Waals surface area (Å²) in [5.41, 5.74) is 0. The number of rotatable bonds is 0. The highest BCUT2D eigenvalue weighted by Crippen LogP contribution is 1.99. The van der Waals surface area contributed by atoms with Gasteiger partial charge in [-0.2, -0.15) is 0 Å². The first-order chi connectivity index (χ1) is 4.43. The fraction of sp³-hybridized carbons (Fsp3) is 0. The van der Waals surface area contributed by atoms with E-state index in [0.717, 1.165) is 0 Å². The molecule has 0 aliphatic rings. The van der Waals surface area contributed by atoms with Gasteiger partial charge in [0.15, 0.2) is 0 Å². The normalized spacial score (nSPS) is 7.56. The molecule has 0 unspecified atom stereocenters. The smallest absolute Gasteiger partial charge is 0.0678 e. The molecule has 0 bridgehead atoms. The lowest BCUT2D eigenvalue weighted by atomic mass is 10.6. The van der Waals surface area contributed by atoms with E-state index in [1.165, 1.54) is 17.6 Å². The van der Waals surface area contributed by atoms with Gasteiger partial charge in [0.1, 0.15) is 0 Å². The van der Waals surface area contributed by atoms with Crippen molar-refractivity contribution in [1.82, 2.24) is 4.98 Å². The number of hydrogen-bond acceptors (Lipinski definition) is 3. The van der Waals surface area contributed by atoms with Crippen molar-refractivity contribution in [3.8, 4) is 11.8 Å². The molecule has 0 fully saturated rings. The molecule has 0 saturated heterocycles. The zero-order chi connectivity index (χ0) is 6.53. The van der Waals surface area contributed by atoms with Crippen molar-refractivity contribution >= 4 is 17.6 Å². The van der Waals surface area contributed by atoms with Crippen molar-refractivity contribution in [3.63, 3.8) is 0 Å². The highest BCUT2D eigenvalue weighted by atomic mass is 32.1. The van der Waals surface area contributed by atoms with E-state index in [-0.39, 0.29) is 0 Å². The van der Waals surface area contributed by atoms with Gasteiger partial charge in [-0.25, -0.2) is 0 Å². The van der Waals surface area contributed by atoms with Crippen molar-refractivity contribution in [2.45, 2.75) is 0 Å². The van der Waals surface area contributed by atoms with Crippen molar-refractivity contribution in [3.05, 3.63) is 16.6 Å². The predicted octanol–water partition coefficient (Wildman–Crippen LogP) is 0.604. The second kappa shape index (κ2) is 3.00. The summed E-state index contributed by atoms with van der Waals surface area (Å²) in [7, 11) is 0. The summed E-state index contributed by atoms with van der Waals surface area (Å²) in [6.45, 7) is 0. The van der Waals surface area contributed by atoms with Gasteiger partial charge >= 0.3 is 0 Å². The van der Waals surface area contributed by atoms with E-state index in [9.17, 15) is 4.79 Å². The maximum absolute atomic E-state index is 9.58. The monoisotopic (exact) mass is 136 g/mol. The van der Waals surface area contributed by atoms with Gasteiger partial charge in [-0.3, -0.25) is 16.8 Å². The Morgan fingerprint density at radius 1 is 1.78 bits per heavy atom. The van der Waals surface area contributed by atoms with Crippen molar-refractivity contribution in [2.75, 3.05) is 0 Å². The number of thiazole rings is 1. The first kappa shape index (κ1) is 5.99. The molecule has 0 spiro atoms. The topological polar surface area (TPSA) is 30.0 Å². The number of hydrogen-bond donors (Lipinski definition) is 0. The Hall–Kier alpha value is -1.14. The Bertz CT molecular complexity index is 242. The molecule has 0 amide bonds. The van der Waals surface area contributed by atoms with Crippen LogP contribution < -0.4 is 0 Å². The fourth-order valence-corrected chi connectivity index (χ4v) is 0.846. The molecule has 0 aromatic carbocycles. The van der Waals surface area contributed by atoms with E-state index in [2.05, 4.69) is 16.8 Å². The van der Waals surface area contributed by atoms with Crippen molar-refractivity contribution in [1.29, 1.82) is 0 Å². The van der Waals surface area contributed by atoms with Crippen LogP contribution in [-0.4, -0.2) is 11.3 Å². The van der Waals surface area contributed by atoms with E-state index < -0.39 is 0 Å². The molecule has 1 rings (SSSR count). The molecule has 44 valence electrons. The number of aromatic nitrogens is 1. The summed E-state index contributed by atoms with van der Waals surface area (Å²) in [4.78, 5) is 13.4. The molecule has 9 heavy (non-hydrogen) atoms. The second-order valence-electron chi connectivity index (χ2n) is 1.19. The van der Waals surface area contributed by atoms with Gasteiger partial charge < -0.3 is 4.79 Å². The SMILES string of the molecule is O=[C-]C#Cc1nccs1. The molecule has 0 aliphatic heterocycles. The lowest BCUT2D eigenvalue weighted by Crippen LogP contribution is -1.66. The lowest BCUT2D eigenvalue weighted by molar-refractivity contribution is 0.566. The van der Waals surface area contributed by atoms with Crippen LogP contribution in [0.5, 0.6) is 0 Å². The minimum atomic E-state index is 0.651. The van der Waals surface area contributed by atoms with Crippen LogP contribution >= 0.6 is 11.3 Å². The molecule has 0 radical (unpaired) electrons. The summed E-state index contributed by atoms with van der Waals surface area (Å²) < 4.78 is 0. The third-order valence-corrected chi connectivity index (χ3v) is 1.34. The summed E-state index contributed by atoms with van der Waals surface area (Å²) in [5, 5.41) is 2.45. The minimum Gasteiger partial charge on any atom is -0.409 e. The predicted molar refractivity (Wildman–Crippen MR) is 34.7 cm³/mol. The Balaban J connectivity index is 2.78. The first-order valence-corrected chi connectivity index (χ1v) is 3.09. The van der Waals surface area contributed by atoms with E-state index >= 15 is 0 Å². The lowest BCUT2D eigenvalue weighted by Gasteiger charge is -1.79. The average molecular weight is 136 g/mol. The van der Waals surface area contributed by atoms with Gasteiger partial charge in [0, 0.05) is 17.9 Å². The van der Waals surface area contributed by atoms with Gasteiger partial charge in [0.2, 0.25) is 0 Å². The van der Waals surface area contributed by atoms with E-state index in [0.29, 0.717) is 5.01 Å². The molecule has 3 heteroatoms. The van der Waals surface area contributed by atoms with Crippen LogP contribution in [0.3, 0.4) is 0 Å². The Kier molecular flexibility index (Phi) is 2.00. The molecule has 0 aliphatic carbocycles. The third-order valence-electron chi connectivity index (χ3n) is 0.653. The third kappa shape index (κ3) is 1.67. The van der Waals surface area contributed by atoms with Crippen molar-refractivity contribution in [2.24, 2.45) is 0 Å². The second-order valence-corrected chi connectivity index (χ2v) is 2.08. The summed E-state index contributed by atoms with van der Waals surface area (Å²) in [6.07, 6.45) is 3.10. The van der Waals surface area contributed by atoms with Crippen LogP contribution in [0.2, 0.25) is 0 Å². The van der Waals surface area contributed by atoms with E-state index in [4.69, 9.17) is 0 Å². The highest BCUT2D eigenvalue weighted by Gasteiger charge is 1.75. The van der Waals surface area contributed by atoms with Crippen LogP contribution in [-0.2, 0) is 4.79 Å². The molecule has 1 aromatic heterocycles. The molecular weight excluding hydrogens is 134 g/mol. The standard InChI is InChI=1S/C6H2NOS/c8-4-1-2-6-7-3-5-9-6/h3,5H/q-1. The molecular formula is C6H2NOS-. The number of carbonyl (C=O) groups excluding carboxylic acids is 1. The highest BCUT2D eigenvalue weighted by molar-refractivity contribution is 7.10. The summed E-state index contributed by atoms with van der Waals surface area (Å²) in [5.74, 6) is 4.65. The summed E-state index contributed by atoms with van der Waals surface area (Å²) >= 11 is 1.40. The maximum atomic E-state index is 9.58. The molecule has 1 aromatic rings. The van der Waals surface area contributed by atoms with Gasteiger partial charge in [-0.1, -0.05) is 0 Å². The zero-order valence-electron chi connectivity index (χ0n) is 4.42.